The molecule has 1 aliphatic carbocycles. The van der Waals surface area contributed by atoms with Crippen LogP contribution in [0.3, 0.4) is 0 Å². The van der Waals surface area contributed by atoms with Crippen molar-refractivity contribution in [3.63, 3.8) is 0 Å². The molecule has 4 rings (SSSR count). The standard InChI is InChI=1S/C22H23ClN4O2.ClH/c1-27-19(17-9-8-15(14-18(17)23)20(28)24-12-13-29-2)25-26-21(27)22(10-11-22)16-6-4-3-5-7-16;/h3-9,14H,10-13H2,1-2H3,(H,24,28);1H. The van der Waals surface area contributed by atoms with E-state index in [0.717, 1.165) is 24.2 Å². The molecule has 6 nitrogen and oxygen atoms in total. The first kappa shape index (κ1) is 22.3. The molecular weight excluding hydrogens is 423 g/mol. The van der Waals surface area contributed by atoms with E-state index in [1.54, 1.807) is 19.2 Å². The number of carbonyl (C=O) groups is 1. The summed E-state index contributed by atoms with van der Waals surface area (Å²) in [6, 6.07) is 15.7. The van der Waals surface area contributed by atoms with Gasteiger partial charge in [0.2, 0.25) is 0 Å². The molecule has 0 radical (unpaired) electrons. The van der Waals surface area contributed by atoms with Crippen molar-refractivity contribution in [2.75, 3.05) is 20.3 Å². The number of halogens is 2. The second-order valence-corrected chi connectivity index (χ2v) is 7.70. The van der Waals surface area contributed by atoms with Crippen molar-refractivity contribution >= 4 is 29.9 Å². The molecule has 30 heavy (non-hydrogen) atoms. The lowest BCUT2D eigenvalue weighted by molar-refractivity contribution is 0.0937. The third-order valence-electron chi connectivity index (χ3n) is 5.44. The van der Waals surface area contributed by atoms with Gasteiger partial charge in [-0.15, -0.1) is 22.6 Å². The SMILES string of the molecule is COCCNC(=O)c1ccc(-c2nnc(C3(c4ccccc4)CC3)n2C)c(Cl)c1.Cl. The van der Waals surface area contributed by atoms with Gasteiger partial charge in [-0.05, 0) is 36.6 Å². The number of methoxy groups -OCH3 is 1. The Labute approximate surface area is 187 Å². The fraction of sp³-hybridized carbons (Fsp3) is 0.318. The summed E-state index contributed by atoms with van der Waals surface area (Å²) in [6.07, 6.45) is 2.11. The van der Waals surface area contributed by atoms with Crippen molar-refractivity contribution in [3.05, 3.63) is 70.5 Å². The van der Waals surface area contributed by atoms with E-state index in [2.05, 4.69) is 39.8 Å². The molecule has 0 saturated heterocycles. The highest BCUT2D eigenvalue weighted by atomic mass is 35.5. The summed E-state index contributed by atoms with van der Waals surface area (Å²) in [6.45, 7) is 0.908. The van der Waals surface area contributed by atoms with Crippen molar-refractivity contribution in [1.29, 1.82) is 0 Å². The number of carbonyl (C=O) groups excluding carboxylic acids is 1. The molecule has 1 heterocycles. The number of rotatable bonds is 7. The third kappa shape index (κ3) is 4.08. The molecule has 0 spiro atoms. The van der Waals surface area contributed by atoms with Crippen LogP contribution in [0.15, 0.2) is 48.5 Å². The molecule has 0 aliphatic heterocycles. The molecule has 1 saturated carbocycles. The highest BCUT2D eigenvalue weighted by molar-refractivity contribution is 6.33. The van der Waals surface area contributed by atoms with Crippen molar-refractivity contribution in [1.82, 2.24) is 20.1 Å². The summed E-state index contributed by atoms with van der Waals surface area (Å²) in [7, 11) is 3.56. The molecular formula is C22H24Cl2N4O2. The molecule has 0 atom stereocenters. The van der Waals surface area contributed by atoms with E-state index >= 15 is 0 Å². The quantitative estimate of drug-likeness (QED) is 0.556. The lowest BCUT2D eigenvalue weighted by atomic mass is 9.95. The van der Waals surface area contributed by atoms with Crippen LogP contribution < -0.4 is 5.32 Å². The number of benzene rings is 2. The molecule has 8 heteroatoms. The summed E-state index contributed by atoms with van der Waals surface area (Å²) in [5.74, 6) is 1.45. The fourth-order valence-corrected chi connectivity index (χ4v) is 3.98. The van der Waals surface area contributed by atoms with Crippen molar-refractivity contribution in [3.8, 4) is 11.4 Å². The van der Waals surface area contributed by atoms with Crippen LogP contribution in [0.2, 0.25) is 5.02 Å². The molecule has 1 aliphatic rings. The van der Waals surface area contributed by atoms with Crippen LogP contribution in [0.25, 0.3) is 11.4 Å². The minimum absolute atomic E-state index is 0. The van der Waals surface area contributed by atoms with Crippen LogP contribution in [0.4, 0.5) is 0 Å². The van der Waals surface area contributed by atoms with Crippen LogP contribution in [-0.4, -0.2) is 40.9 Å². The zero-order chi connectivity index (χ0) is 20.4. The second-order valence-electron chi connectivity index (χ2n) is 7.30. The number of nitrogens with one attached hydrogen (secondary N) is 1. The first-order valence-electron chi connectivity index (χ1n) is 9.59. The molecule has 158 valence electrons. The highest BCUT2D eigenvalue weighted by Crippen LogP contribution is 2.53. The number of hydrogen-bond donors (Lipinski definition) is 1. The zero-order valence-corrected chi connectivity index (χ0v) is 18.5. The summed E-state index contributed by atoms with van der Waals surface area (Å²) in [4.78, 5) is 12.2. The summed E-state index contributed by atoms with van der Waals surface area (Å²) in [5, 5.41) is 12.2. The Morgan fingerprint density at radius 2 is 1.93 bits per heavy atom. The van der Waals surface area contributed by atoms with Gasteiger partial charge in [0.1, 0.15) is 5.82 Å². The first-order valence-corrected chi connectivity index (χ1v) is 9.97. The predicted octanol–water partition coefficient (Wildman–Crippen LogP) is 4.01. The number of ether oxygens (including phenoxy) is 1. The van der Waals surface area contributed by atoms with Gasteiger partial charge in [-0.25, -0.2) is 0 Å². The van der Waals surface area contributed by atoms with Crippen molar-refractivity contribution < 1.29 is 9.53 Å². The van der Waals surface area contributed by atoms with Gasteiger partial charge < -0.3 is 14.6 Å². The maximum Gasteiger partial charge on any atom is 0.251 e. The monoisotopic (exact) mass is 446 g/mol. The average molecular weight is 447 g/mol. The van der Waals surface area contributed by atoms with Crippen molar-refractivity contribution in [2.24, 2.45) is 7.05 Å². The molecule has 1 amide bonds. The van der Waals surface area contributed by atoms with E-state index < -0.39 is 0 Å². The predicted molar refractivity (Wildman–Crippen MR) is 119 cm³/mol. The lowest BCUT2D eigenvalue weighted by Crippen LogP contribution is -2.26. The normalized spacial score (nSPS) is 14.1. The number of aromatic nitrogens is 3. The van der Waals surface area contributed by atoms with Gasteiger partial charge in [-0.2, -0.15) is 0 Å². The smallest absolute Gasteiger partial charge is 0.251 e. The van der Waals surface area contributed by atoms with E-state index in [0.29, 0.717) is 29.6 Å². The Morgan fingerprint density at radius 1 is 1.20 bits per heavy atom. The zero-order valence-electron chi connectivity index (χ0n) is 16.9. The Morgan fingerprint density at radius 3 is 2.57 bits per heavy atom. The summed E-state index contributed by atoms with van der Waals surface area (Å²) >= 11 is 6.51. The molecule has 2 aromatic carbocycles. The van der Waals surface area contributed by atoms with Gasteiger partial charge in [-0.3, -0.25) is 4.79 Å². The van der Waals surface area contributed by atoms with Gasteiger partial charge in [0.05, 0.1) is 17.0 Å². The fourth-order valence-electron chi connectivity index (χ4n) is 3.71. The summed E-state index contributed by atoms with van der Waals surface area (Å²) in [5.41, 5.74) is 2.44. The van der Waals surface area contributed by atoms with E-state index in [1.807, 2.05) is 23.7 Å². The summed E-state index contributed by atoms with van der Waals surface area (Å²) < 4.78 is 6.96. The van der Waals surface area contributed by atoms with Crippen LogP contribution in [0.1, 0.15) is 34.6 Å². The Kier molecular flexibility index (Phi) is 6.81. The molecule has 1 N–H and O–H groups in total. The molecule has 1 aromatic heterocycles. The molecule has 3 aromatic rings. The van der Waals surface area contributed by atoms with E-state index in [-0.39, 0.29) is 23.7 Å². The number of amides is 1. The van der Waals surface area contributed by atoms with Gasteiger partial charge >= 0.3 is 0 Å². The average Bonchev–Trinajstić information content (AvgIpc) is 3.45. The number of nitrogens with zero attached hydrogens (tertiary/aromatic N) is 3. The Bertz CT molecular complexity index is 1030. The largest absolute Gasteiger partial charge is 0.383 e. The molecule has 0 unspecified atom stereocenters. The van der Waals surface area contributed by atoms with Crippen LogP contribution in [0.5, 0.6) is 0 Å². The second kappa shape index (κ2) is 9.16. The number of hydrogen-bond acceptors (Lipinski definition) is 4. The van der Waals surface area contributed by atoms with Gasteiger partial charge in [0, 0.05) is 31.8 Å². The van der Waals surface area contributed by atoms with Gasteiger partial charge in [0.15, 0.2) is 5.82 Å². The van der Waals surface area contributed by atoms with Gasteiger partial charge in [0.25, 0.3) is 5.91 Å². The molecule has 0 bridgehead atoms. The maximum atomic E-state index is 12.2. The highest BCUT2D eigenvalue weighted by Gasteiger charge is 2.49. The van der Waals surface area contributed by atoms with Crippen LogP contribution >= 0.6 is 24.0 Å². The minimum atomic E-state index is -0.185. The van der Waals surface area contributed by atoms with E-state index in [4.69, 9.17) is 16.3 Å². The van der Waals surface area contributed by atoms with Gasteiger partial charge in [-0.1, -0.05) is 41.9 Å². The van der Waals surface area contributed by atoms with Crippen LogP contribution in [-0.2, 0) is 17.2 Å². The molecule has 1 fully saturated rings. The van der Waals surface area contributed by atoms with Crippen LogP contribution in [0, 0.1) is 0 Å². The van der Waals surface area contributed by atoms with E-state index in [9.17, 15) is 4.79 Å². The van der Waals surface area contributed by atoms with E-state index in [1.165, 1.54) is 5.56 Å². The third-order valence-corrected chi connectivity index (χ3v) is 5.76. The topological polar surface area (TPSA) is 69.0 Å². The minimum Gasteiger partial charge on any atom is -0.383 e. The van der Waals surface area contributed by atoms with Crippen molar-refractivity contribution in [2.45, 2.75) is 18.3 Å². The Hall–Kier alpha value is -2.41. The lowest BCUT2D eigenvalue weighted by Gasteiger charge is -2.15. The Balaban J connectivity index is 0.00000256. The first-order chi connectivity index (χ1) is 14.1. The maximum absolute atomic E-state index is 12.2.